The van der Waals surface area contributed by atoms with Crippen LogP contribution in [0.1, 0.15) is 59.7 Å². The molecule has 0 spiro atoms. The second-order valence-corrected chi connectivity index (χ2v) is 6.86. The first-order valence-electron chi connectivity index (χ1n) is 9.15. The standard InChI is InChI=1S/C22H24O4/c1-22(19-15-9-4-10-16-19,25-20(23)17-11-5-2-6-12-17)26-21(24)18-13-7-3-8-14-18/h2-3,5-8,11-14,19H,4,9-10,15-16H2,1H3. The maximum atomic E-state index is 12.6. The summed E-state index contributed by atoms with van der Waals surface area (Å²) in [5, 5.41) is 0. The van der Waals surface area contributed by atoms with Gasteiger partial charge in [-0.1, -0.05) is 55.7 Å². The number of benzene rings is 2. The van der Waals surface area contributed by atoms with Gasteiger partial charge in [-0.25, -0.2) is 9.59 Å². The molecule has 3 rings (SSSR count). The maximum absolute atomic E-state index is 12.6. The van der Waals surface area contributed by atoms with Crippen LogP contribution in [0.15, 0.2) is 60.7 Å². The lowest BCUT2D eigenvalue weighted by molar-refractivity contribution is -0.195. The predicted molar refractivity (Wildman–Crippen MR) is 98.7 cm³/mol. The van der Waals surface area contributed by atoms with Crippen LogP contribution in [0.5, 0.6) is 0 Å². The summed E-state index contributed by atoms with van der Waals surface area (Å²) in [6.45, 7) is 1.71. The molecule has 136 valence electrons. The van der Waals surface area contributed by atoms with Crippen molar-refractivity contribution in [3.8, 4) is 0 Å². The Morgan fingerprint density at radius 1 is 0.769 bits per heavy atom. The first kappa shape index (κ1) is 18.2. The van der Waals surface area contributed by atoms with Crippen molar-refractivity contribution < 1.29 is 19.1 Å². The monoisotopic (exact) mass is 352 g/mol. The van der Waals surface area contributed by atoms with Crippen molar-refractivity contribution in [2.45, 2.75) is 44.8 Å². The van der Waals surface area contributed by atoms with Gasteiger partial charge in [0.05, 0.1) is 11.1 Å². The highest BCUT2D eigenvalue weighted by Crippen LogP contribution is 2.37. The summed E-state index contributed by atoms with van der Waals surface area (Å²) in [6, 6.07) is 17.6. The van der Waals surface area contributed by atoms with E-state index in [-0.39, 0.29) is 5.92 Å². The van der Waals surface area contributed by atoms with Crippen molar-refractivity contribution in [2.75, 3.05) is 0 Å². The lowest BCUT2D eigenvalue weighted by Gasteiger charge is -2.38. The van der Waals surface area contributed by atoms with E-state index in [1.807, 2.05) is 12.1 Å². The number of esters is 2. The predicted octanol–water partition coefficient (Wildman–Crippen LogP) is 5.00. The largest absolute Gasteiger partial charge is 0.419 e. The Bertz CT molecular complexity index is 680. The number of carbonyl (C=O) groups excluding carboxylic acids is 2. The number of rotatable bonds is 5. The molecule has 0 amide bonds. The summed E-state index contributed by atoms with van der Waals surface area (Å²) >= 11 is 0. The van der Waals surface area contributed by atoms with Gasteiger partial charge in [-0.05, 0) is 37.1 Å². The van der Waals surface area contributed by atoms with Crippen molar-refractivity contribution in [3.63, 3.8) is 0 Å². The Morgan fingerprint density at radius 3 is 1.62 bits per heavy atom. The molecule has 0 aliphatic heterocycles. The highest BCUT2D eigenvalue weighted by atomic mass is 16.7. The third-order valence-corrected chi connectivity index (χ3v) is 4.96. The number of hydrogen-bond donors (Lipinski definition) is 0. The van der Waals surface area contributed by atoms with Crippen LogP contribution >= 0.6 is 0 Å². The van der Waals surface area contributed by atoms with Gasteiger partial charge in [-0.3, -0.25) is 0 Å². The maximum Gasteiger partial charge on any atom is 0.341 e. The lowest BCUT2D eigenvalue weighted by atomic mass is 9.83. The fraction of sp³-hybridized carbons (Fsp3) is 0.364. The fourth-order valence-electron chi connectivity index (χ4n) is 3.45. The van der Waals surface area contributed by atoms with Crippen molar-refractivity contribution in [1.82, 2.24) is 0 Å². The Labute approximate surface area is 154 Å². The molecule has 2 aromatic carbocycles. The minimum Gasteiger partial charge on any atom is -0.419 e. The van der Waals surface area contributed by atoms with E-state index < -0.39 is 17.7 Å². The summed E-state index contributed by atoms with van der Waals surface area (Å²) in [5.41, 5.74) is 0.899. The van der Waals surface area contributed by atoms with Gasteiger partial charge in [0.15, 0.2) is 0 Å². The van der Waals surface area contributed by atoms with Crippen LogP contribution in [0.3, 0.4) is 0 Å². The van der Waals surface area contributed by atoms with E-state index in [0.717, 1.165) is 32.1 Å². The van der Waals surface area contributed by atoms with Crippen LogP contribution in [0.25, 0.3) is 0 Å². The summed E-state index contributed by atoms with van der Waals surface area (Å²) in [4.78, 5) is 25.2. The average Bonchev–Trinajstić information content (AvgIpc) is 2.70. The second kappa shape index (κ2) is 8.17. The van der Waals surface area contributed by atoms with Gasteiger partial charge in [-0.15, -0.1) is 0 Å². The van der Waals surface area contributed by atoms with Gasteiger partial charge in [0.1, 0.15) is 0 Å². The third kappa shape index (κ3) is 4.31. The zero-order chi connectivity index (χ0) is 18.4. The Hall–Kier alpha value is -2.62. The normalized spacial score (nSPS) is 15.3. The molecule has 0 unspecified atom stereocenters. The van der Waals surface area contributed by atoms with Crippen LogP contribution in [-0.2, 0) is 9.47 Å². The first-order valence-corrected chi connectivity index (χ1v) is 9.15. The van der Waals surface area contributed by atoms with Crippen LogP contribution in [0.2, 0.25) is 0 Å². The molecule has 4 heteroatoms. The van der Waals surface area contributed by atoms with Gasteiger partial charge in [-0.2, -0.15) is 0 Å². The topological polar surface area (TPSA) is 52.6 Å². The lowest BCUT2D eigenvalue weighted by Crippen LogP contribution is -2.45. The quantitative estimate of drug-likeness (QED) is 0.561. The molecule has 2 aromatic rings. The van der Waals surface area contributed by atoms with E-state index >= 15 is 0 Å². The van der Waals surface area contributed by atoms with Gasteiger partial charge >= 0.3 is 11.9 Å². The van der Waals surface area contributed by atoms with Crippen molar-refractivity contribution >= 4 is 11.9 Å². The van der Waals surface area contributed by atoms with Crippen LogP contribution in [0, 0.1) is 5.92 Å². The molecule has 0 aromatic heterocycles. The highest BCUT2D eigenvalue weighted by Gasteiger charge is 2.42. The highest BCUT2D eigenvalue weighted by molar-refractivity contribution is 5.91. The van der Waals surface area contributed by atoms with Crippen molar-refractivity contribution in [3.05, 3.63) is 71.8 Å². The molecule has 0 bridgehead atoms. The molecule has 0 radical (unpaired) electrons. The average molecular weight is 352 g/mol. The molecule has 0 saturated heterocycles. The van der Waals surface area contributed by atoms with Crippen LogP contribution in [0.4, 0.5) is 0 Å². The molecular formula is C22H24O4. The molecule has 26 heavy (non-hydrogen) atoms. The van der Waals surface area contributed by atoms with Gasteiger partial charge < -0.3 is 9.47 Å². The van der Waals surface area contributed by atoms with E-state index in [9.17, 15) is 9.59 Å². The molecule has 4 nitrogen and oxygen atoms in total. The molecular weight excluding hydrogens is 328 g/mol. The Balaban J connectivity index is 1.81. The molecule has 1 aliphatic rings. The summed E-state index contributed by atoms with van der Waals surface area (Å²) < 4.78 is 11.5. The molecule has 0 heterocycles. The first-order chi connectivity index (χ1) is 12.6. The van der Waals surface area contributed by atoms with Gasteiger partial charge in [0.25, 0.3) is 5.79 Å². The van der Waals surface area contributed by atoms with Crippen LogP contribution < -0.4 is 0 Å². The molecule has 1 fully saturated rings. The Morgan fingerprint density at radius 2 is 1.19 bits per heavy atom. The van der Waals surface area contributed by atoms with Gasteiger partial charge in [0.2, 0.25) is 0 Å². The Kier molecular flexibility index (Phi) is 5.71. The summed E-state index contributed by atoms with van der Waals surface area (Å²) in [7, 11) is 0. The second-order valence-electron chi connectivity index (χ2n) is 6.86. The SMILES string of the molecule is CC(OC(=O)c1ccccc1)(OC(=O)c1ccccc1)C1CCCCC1. The number of hydrogen-bond acceptors (Lipinski definition) is 4. The fourth-order valence-corrected chi connectivity index (χ4v) is 3.45. The van der Waals surface area contributed by atoms with Gasteiger partial charge in [0, 0.05) is 12.8 Å². The minimum absolute atomic E-state index is 0.00317. The number of carbonyl (C=O) groups is 2. The number of ether oxygens (including phenoxy) is 2. The molecule has 1 aliphatic carbocycles. The zero-order valence-corrected chi connectivity index (χ0v) is 15.0. The minimum atomic E-state index is -1.28. The molecule has 0 atom stereocenters. The van der Waals surface area contributed by atoms with E-state index in [1.165, 1.54) is 0 Å². The van der Waals surface area contributed by atoms with Crippen LogP contribution in [-0.4, -0.2) is 17.7 Å². The smallest absolute Gasteiger partial charge is 0.341 e. The van der Waals surface area contributed by atoms with E-state index in [2.05, 4.69) is 0 Å². The van der Waals surface area contributed by atoms with E-state index in [1.54, 1.807) is 55.5 Å². The molecule has 1 saturated carbocycles. The van der Waals surface area contributed by atoms with E-state index in [0.29, 0.717) is 11.1 Å². The summed E-state index contributed by atoms with van der Waals surface area (Å²) in [5.74, 6) is -2.23. The molecule has 0 N–H and O–H groups in total. The van der Waals surface area contributed by atoms with E-state index in [4.69, 9.17) is 9.47 Å². The van der Waals surface area contributed by atoms with Crippen molar-refractivity contribution in [2.24, 2.45) is 5.92 Å². The van der Waals surface area contributed by atoms with Crippen molar-refractivity contribution in [1.29, 1.82) is 0 Å². The zero-order valence-electron chi connectivity index (χ0n) is 15.0. The third-order valence-electron chi connectivity index (χ3n) is 4.96. The summed E-state index contributed by atoms with van der Waals surface area (Å²) in [6.07, 6.45) is 5.01.